The summed E-state index contributed by atoms with van der Waals surface area (Å²) in [6.07, 6.45) is 2.28. The van der Waals surface area contributed by atoms with E-state index in [9.17, 15) is 0 Å². The minimum Gasteiger partial charge on any atom is -0.356 e. The number of hydrogen-bond acceptors (Lipinski definition) is 1. The maximum Gasteiger partial charge on any atom is 0.193 e. The zero-order valence-electron chi connectivity index (χ0n) is 12.7. The summed E-state index contributed by atoms with van der Waals surface area (Å²) in [5.41, 5.74) is 1.78. The van der Waals surface area contributed by atoms with Gasteiger partial charge >= 0.3 is 0 Å². The summed E-state index contributed by atoms with van der Waals surface area (Å²) in [5.74, 6) is 1.04. The first-order chi connectivity index (χ1) is 9.11. The van der Waals surface area contributed by atoms with Crippen LogP contribution in [-0.2, 0) is 6.42 Å². The summed E-state index contributed by atoms with van der Waals surface area (Å²) in [4.78, 5) is 6.76. The Morgan fingerprint density at radius 3 is 2.55 bits per heavy atom. The van der Waals surface area contributed by atoms with Gasteiger partial charge in [-0.3, -0.25) is 4.99 Å². The predicted octanol–water partition coefficient (Wildman–Crippen LogP) is 3.15. The molecule has 0 atom stereocenters. The predicted molar refractivity (Wildman–Crippen MR) is 96.9 cm³/mol. The molecule has 112 valence electrons. The van der Waals surface area contributed by atoms with E-state index in [0.717, 1.165) is 32.0 Å². The molecule has 0 aliphatic carbocycles. The highest BCUT2D eigenvalue weighted by molar-refractivity contribution is 14.0. The molecule has 1 heterocycles. The molecule has 1 aliphatic rings. The Bertz CT molecular complexity index is 429. The fraction of sp³-hybridized carbons (Fsp3) is 0.562. The van der Waals surface area contributed by atoms with Gasteiger partial charge in [-0.15, -0.1) is 24.0 Å². The first-order valence-corrected chi connectivity index (χ1v) is 7.10. The molecule has 0 bridgehead atoms. The van der Waals surface area contributed by atoms with Crippen molar-refractivity contribution in [3.05, 3.63) is 35.9 Å². The molecule has 0 radical (unpaired) electrons. The zero-order chi connectivity index (χ0) is 13.7. The lowest BCUT2D eigenvalue weighted by Crippen LogP contribution is -2.41. The smallest absolute Gasteiger partial charge is 0.193 e. The van der Waals surface area contributed by atoms with Crippen molar-refractivity contribution >= 4 is 29.9 Å². The first-order valence-electron chi connectivity index (χ1n) is 7.10. The highest BCUT2D eigenvalue weighted by atomic mass is 127. The molecule has 0 spiro atoms. The maximum atomic E-state index is 4.40. The lowest BCUT2D eigenvalue weighted by molar-refractivity contribution is 0.370. The maximum absolute atomic E-state index is 4.40. The molecule has 1 saturated heterocycles. The van der Waals surface area contributed by atoms with E-state index in [1.807, 2.05) is 7.05 Å². The fourth-order valence-electron chi connectivity index (χ4n) is 2.59. The van der Waals surface area contributed by atoms with Crippen molar-refractivity contribution in [2.75, 3.05) is 26.7 Å². The second-order valence-electron chi connectivity index (χ2n) is 6.05. The second kappa shape index (κ2) is 7.86. The van der Waals surface area contributed by atoms with Gasteiger partial charge in [-0.05, 0) is 23.8 Å². The van der Waals surface area contributed by atoms with Gasteiger partial charge in [0.15, 0.2) is 5.96 Å². The Morgan fingerprint density at radius 2 is 2.00 bits per heavy atom. The van der Waals surface area contributed by atoms with E-state index in [2.05, 4.69) is 59.4 Å². The highest BCUT2D eigenvalue weighted by Gasteiger charge is 2.30. The van der Waals surface area contributed by atoms with Crippen molar-refractivity contribution in [1.29, 1.82) is 0 Å². The van der Waals surface area contributed by atoms with Crippen LogP contribution in [0.5, 0.6) is 0 Å². The van der Waals surface area contributed by atoms with Gasteiger partial charge in [-0.2, -0.15) is 0 Å². The number of guanidine groups is 1. The van der Waals surface area contributed by atoms with Gasteiger partial charge < -0.3 is 10.2 Å². The summed E-state index contributed by atoms with van der Waals surface area (Å²) in [6, 6.07) is 10.6. The number of nitrogens with one attached hydrogen (secondary N) is 1. The third kappa shape index (κ3) is 4.96. The SMILES string of the molecule is CN=C(NCCc1ccccc1)N1CCC(C)(C)C1.I. The van der Waals surface area contributed by atoms with E-state index in [1.54, 1.807) is 0 Å². The van der Waals surface area contributed by atoms with Crippen molar-refractivity contribution in [2.24, 2.45) is 10.4 Å². The van der Waals surface area contributed by atoms with Gasteiger partial charge in [0, 0.05) is 26.7 Å². The molecule has 2 rings (SSSR count). The number of nitrogens with zero attached hydrogens (tertiary/aromatic N) is 2. The van der Waals surface area contributed by atoms with Crippen LogP contribution < -0.4 is 5.32 Å². The molecule has 3 nitrogen and oxygen atoms in total. The first kappa shape index (κ1) is 17.3. The fourth-order valence-corrected chi connectivity index (χ4v) is 2.59. The van der Waals surface area contributed by atoms with Crippen molar-refractivity contribution in [2.45, 2.75) is 26.7 Å². The monoisotopic (exact) mass is 387 g/mol. The Balaban J connectivity index is 0.00000200. The molecule has 4 heteroatoms. The molecule has 1 aromatic rings. The van der Waals surface area contributed by atoms with Crippen LogP contribution in [0.25, 0.3) is 0 Å². The van der Waals surface area contributed by atoms with E-state index in [1.165, 1.54) is 12.0 Å². The van der Waals surface area contributed by atoms with Gasteiger partial charge in [0.1, 0.15) is 0 Å². The van der Waals surface area contributed by atoms with Crippen LogP contribution in [0.15, 0.2) is 35.3 Å². The molecule has 0 saturated carbocycles. The largest absolute Gasteiger partial charge is 0.356 e. The van der Waals surface area contributed by atoms with Gasteiger partial charge in [0.25, 0.3) is 0 Å². The number of rotatable bonds is 3. The lowest BCUT2D eigenvalue weighted by atomic mass is 9.93. The topological polar surface area (TPSA) is 27.6 Å². The van der Waals surface area contributed by atoms with Crippen LogP contribution in [-0.4, -0.2) is 37.5 Å². The zero-order valence-corrected chi connectivity index (χ0v) is 15.1. The Morgan fingerprint density at radius 1 is 1.30 bits per heavy atom. The van der Waals surface area contributed by atoms with Crippen LogP contribution in [0.3, 0.4) is 0 Å². The molecule has 20 heavy (non-hydrogen) atoms. The lowest BCUT2D eigenvalue weighted by Gasteiger charge is -2.23. The van der Waals surface area contributed by atoms with Gasteiger partial charge in [-0.1, -0.05) is 44.2 Å². The van der Waals surface area contributed by atoms with Gasteiger partial charge in [0.05, 0.1) is 0 Å². The Kier molecular flexibility index (Phi) is 6.79. The number of benzene rings is 1. The average molecular weight is 387 g/mol. The van der Waals surface area contributed by atoms with Crippen molar-refractivity contribution < 1.29 is 0 Å². The molecule has 1 fully saturated rings. The summed E-state index contributed by atoms with van der Waals surface area (Å²) < 4.78 is 0. The summed E-state index contributed by atoms with van der Waals surface area (Å²) >= 11 is 0. The van der Waals surface area contributed by atoms with Crippen LogP contribution in [0.1, 0.15) is 25.8 Å². The van der Waals surface area contributed by atoms with E-state index in [0.29, 0.717) is 5.41 Å². The minimum atomic E-state index is 0. The number of hydrogen-bond donors (Lipinski definition) is 1. The summed E-state index contributed by atoms with van der Waals surface area (Å²) in [7, 11) is 1.87. The number of likely N-dealkylation sites (tertiary alicyclic amines) is 1. The van der Waals surface area contributed by atoms with E-state index >= 15 is 0 Å². The number of halogens is 1. The van der Waals surface area contributed by atoms with Crippen molar-refractivity contribution in [3.8, 4) is 0 Å². The highest BCUT2D eigenvalue weighted by Crippen LogP contribution is 2.28. The average Bonchev–Trinajstić information content (AvgIpc) is 2.76. The quantitative estimate of drug-likeness (QED) is 0.490. The molecule has 1 N–H and O–H groups in total. The molecular formula is C16H26IN3. The van der Waals surface area contributed by atoms with Crippen molar-refractivity contribution in [1.82, 2.24) is 10.2 Å². The van der Waals surface area contributed by atoms with E-state index < -0.39 is 0 Å². The third-order valence-electron chi connectivity index (χ3n) is 3.73. The van der Waals surface area contributed by atoms with Crippen LogP contribution >= 0.6 is 24.0 Å². The van der Waals surface area contributed by atoms with Crippen LogP contribution in [0.2, 0.25) is 0 Å². The van der Waals surface area contributed by atoms with Crippen LogP contribution in [0, 0.1) is 5.41 Å². The Labute approximate surface area is 139 Å². The molecule has 0 amide bonds. The van der Waals surface area contributed by atoms with Crippen LogP contribution in [0.4, 0.5) is 0 Å². The summed E-state index contributed by atoms with van der Waals surface area (Å²) in [5, 5.41) is 3.47. The molecule has 0 aromatic heterocycles. The normalized spacial score (nSPS) is 17.8. The van der Waals surface area contributed by atoms with E-state index in [4.69, 9.17) is 0 Å². The van der Waals surface area contributed by atoms with Crippen molar-refractivity contribution in [3.63, 3.8) is 0 Å². The standard InChI is InChI=1S/C16H25N3.HI/c1-16(2)10-12-19(13-16)15(17-3)18-11-9-14-7-5-4-6-8-14;/h4-8H,9-13H2,1-3H3,(H,17,18);1H. The number of aliphatic imine (C=N–C) groups is 1. The van der Waals surface area contributed by atoms with E-state index in [-0.39, 0.29) is 24.0 Å². The van der Waals surface area contributed by atoms with Gasteiger partial charge in [0.2, 0.25) is 0 Å². The third-order valence-corrected chi connectivity index (χ3v) is 3.73. The molecule has 1 aromatic carbocycles. The summed E-state index contributed by atoms with van der Waals surface area (Å²) in [6.45, 7) is 7.79. The molecular weight excluding hydrogens is 361 g/mol. The Hall–Kier alpha value is -0.780. The second-order valence-corrected chi connectivity index (χ2v) is 6.05. The molecule has 0 unspecified atom stereocenters. The minimum absolute atomic E-state index is 0. The van der Waals surface area contributed by atoms with Gasteiger partial charge in [-0.25, -0.2) is 0 Å². The molecule has 1 aliphatic heterocycles.